The van der Waals surface area contributed by atoms with Crippen LogP contribution >= 0.6 is 0 Å². The van der Waals surface area contributed by atoms with Crippen LogP contribution in [0.1, 0.15) is 30.2 Å². The summed E-state index contributed by atoms with van der Waals surface area (Å²) in [7, 11) is 0. The molecule has 2 aliphatic heterocycles. The Hall–Kier alpha value is -2.53. The number of rotatable bonds is 6. The molecule has 2 N–H and O–H groups in total. The number of carbonyl (C=O) groups excluding carboxylic acids is 1. The van der Waals surface area contributed by atoms with Crippen LogP contribution in [0.4, 0.5) is 13.2 Å². The van der Waals surface area contributed by atoms with E-state index in [9.17, 15) is 18.0 Å². The summed E-state index contributed by atoms with van der Waals surface area (Å²) in [5.74, 6) is 1.27. The van der Waals surface area contributed by atoms with Gasteiger partial charge in [-0.15, -0.1) is 0 Å². The average Bonchev–Trinajstić information content (AvgIpc) is 3.34. The number of ether oxygens (including phenoxy) is 1. The molecule has 2 aromatic heterocycles. The molecule has 2 aliphatic rings. The first-order chi connectivity index (χ1) is 14.4. The number of aromatic amines is 1. The van der Waals surface area contributed by atoms with Crippen molar-refractivity contribution in [3.05, 3.63) is 42.0 Å². The summed E-state index contributed by atoms with van der Waals surface area (Å²) in [6.07, 6.45) is 0.625. The number of nitrogens with one attached hydrogen (secondary N) is 2. The first-order valence-electron chi connectivity index (χ1n) is 9.86. The Bertz CT molecular complexity index is 859. The van der Waals surface area contributed by atoms with Gasteiger partial charge in [0, 0.05) is 24.9 Å². The van der Waals surface area contributed by atoms with E-state index in [1.807, 2.05) is 0 Å². The molecule has 30 heavy (non-hydrogen) atoms. The highest BCUT2D eigenvalue weighted by Crippen LogP contribution is 2.36. The molecule has 8 nitrogen and oxygen atoms in total. The van der Waals surface area contributed by atoms with Gasteiger partial charge in [0.25, 0.3) is 0 Å². The summed E-state index contributed by atoms with van der Waals surface area (Å²) in [6, 6.07) is 1.71. The zero-order valence-corrected chi connectivity index (χ0v) is 16.2. The normalized spacial score (nSPS) is 24.6. The zero-order valence-electron chi connectivity index (χ0n) is 16.2. The molecule has 4 rings (SSSR count). The minimum atomic E-state index is -4.42. The van der Waals surface area contributed by atoms with E-state index < -0.39 is 11.9 Å². The second-order valence-electron chi connectivity index (χ2n) is 7.71. The number of aromatic nitrogens is 4. The fraction of sp³-hybridized carbons (Fsp3) is 0.579. The summed E-state index contributed by atoms with van der Waals surface area (Å²) in [6.45, 7) is 2.59. The molecule has 0 aliphatic carbocycles. The molecular formula is C19H23F3N6O2. The molecule has 2 aromatic rings. The predicted octanol–water partition coefficient (Wildman–Crippen LogP) is 1.76. The molecule has 1 amide bonds. The summed E-state index contributed by atoms with van der Waals surface area (Å²) < 4.78 is 44.0. The Morgan fingerprint density at radius 2 is 2.10 bits per heavy atom. The number of hydrogen-bond acceptors (Lipinski definition) is 6. The van der Waals surface area contributed by atoms with E-state index >= 15 is 0 Å². The van der Waals surface area contributed by atoms with Gasteiger partial charge in [-0.2, -0.15) is 13.2 Å². The van der Waals surface area contributed by atoms with Gasteiger partial charge in [-0.05, 0) is 24.9 Å². The maximum absolute atomic E-state index is 12.7. The lowest BCUT2D eigenvalue weighted by Gasteiger charge is -2.35. The molecule has 0 unspecified atom stereocenters. The monoisotopic (exact) mass is 424 g/mol. The highest BCUT2D eigenvalue weighted by Gasteiger charge is 2.41. The van der Waals surface area contributed by atoms with Gasteiger partial charge in [0.15, 0.2) is 0 Å². The standard InChI is InChI=1S/C19H23F3N6O2/c20-19(21,22)15-7-25-17(27-15)10-28-5-2-13-12(9-28)11-30-14(13)6-18(29)26-8-16-23-3-1-4-24-16/h1,3-4,7,12-14H,2,5-6,8-11H2,(H,25,27)(H,26,29)/t12-,13-,14+/m1/s1. The molecule has 4 heterocycles. The third-order valence-electron chi connectivity index (χ3n) is 5.64. The molecule has 0 saturated carbocycles. The van der Waals surface area contributed by atoms with Crippen molar-refractivity contribution in [3.63, 3.8) is 0 Å². The van der Waals surface area contributed by atoms with Crippen LogP contribution in [0.25, 0.3) is 0 Å². The number of imidazole rings is 1. The van der Waals surface area contributed by atoms with E-state index in [-0.39, 0.29) is 36.8 Å². The molecule has 2 fully saturated rings. The van der Waals surface area contributed by atoms with E-state index in [0.29, 0.717) is 31.3 Å². The highest BCUT2D eigenvalue weighted by molar-refractivity contribution is 5.76. The highest BCUT2D eigenvalue weighted by atomic mass is 19.4. The van der Waals surface area contributed by atoms with Gasteiger partial charge < -0.3 is 15.0 Å². The number of amides is 1. The van der Waals surface area contributed by atoms with Gasteiger partial charge in [-0.1, -0.05) is 0 Å². The van der Waals surface area contributed by atoms with Gasteiger partial charge in [0.05, 0.1) is 38.4 Å². The number of hydrogen-bond donors (Lipinski definition) is 2. The second-order valence-corrected chi connectivity index (χ2v) is 7.71. The molecule has 3 atom stereocenters. The number of carbonyl (C=O) groups is 1. The Labute approximate surface area is 171 Å². The predicted molar refractivity (Wildman–Crippen MR) is 98.7 cm³/mol. The zero-order chi connectivity index (χ0) is 21.1. The van der Waals surface area contributed by atoms with Crippen LogP contribution in [-0.2, 0) is 28.8 Å². The van der Waals surface area contributed by atoms with Gasteiger partial charge >= 0.3 is 6.18 Å². The van der Waals surface area contributed by atoms with Crippen molar-refractivity contribution in [1.82, 2.24) is 30.2 Å². The fourth-order valence-corrected chi connectivity index (χ4v) is 4.17. The largest absolute Gasteiger partial charge is 0.432 e. The van der Waals surface area contributed by atoms with E-state index in [0.717, 1.165) is 19.2 Å². The quantitative estimate of drug-likeness (QED) is 0.734. The lowest BCUT2D eigenvalue weighted by molar-refractivity contribution is -0.141. The number of likely N-dealkylation sites (tertiary alicyclic amines) is 1. The first-order valence-corrected chi connectivity index (χ1v) is 9.86. The van der Waals surface area contributed by atoms with Crippen molar-refractivity contribution in [2.45, 2.75) is 38.2 Å². The SMILES string of the molecule is O=C(C[C@@H]1OC[C@H]2CN(Cc3ncc(C(F)(F)F)[nH]3)CC[C@H]21)NCc1ncccn1. The van der Waals surface area contributed by atoms with Crippen LogP contribution in [0.3, 0.4) is 0 Å². The van der Waals surface area contributed by atoms with Crippen LogP contribution in [0.15, 0.2) is 24.7 Å². The van der Waals surface area contributed by atoms with E-state index in [1.54, 1.807) is 18.5 Å². The van der Waals surface area contributed by atoms with Crippen LogP contribution < -0.4 is 5.32 Å². The Balaban J connectivity index is 1.25. The van der Waals surface area contributed by atoms with Gasteiger partial charge in [-0.25, -0.2) is 15.0 Å². The second kappa shape index (κ2) is 8.68. The van der Waals surface area contributed by atoms with Gasteiger partial charge in [0.1, 0.15) is 17.3 Å². The number of halogens is 3. The topological polar surface area (TPSA) is 96.0 Å². The minimum absolute atomic E-state index is 0.106. The van der Waals surface area contributed by atoms with Crippen LogP contribution in [0.5, 0.6) is 0 Å². The maximum Gasteiger partial charge on any atom is 0.432 e. The number of piperidine rings is 1. The number of fused-ring (bicyclic) bond motifs is 1. The fourth-order valence-electron chi connectivity index (χ4n) is 4.17. The molecule has 0 spiro atoms. The van der Waals surface area contributed by atoms with Crippen molar-refractivity contribution in [1.29, 1.82) is 0 Å². The van der Waals surface area contributed by atoms with Crippen LogP contribution in [0.2, 0.25) is 0 Å². The van der Waals surface area contributed by atoms with Crippen molar-refractivity contribution in [2.75, 3.05) is 19.7 Å². The molecule has 2 saturated heterocycles. The average molecular weight is 424 g/mol. The van der Waals surface area contributed by atoms with Crippen molar-refractivity contribution >= 4 is 5.91 Å². The van der Waals surface area contributed by atoms with Crippen molar-refractivity contribution in [3.8, 4) is 0 Å². The van der Waals surface area contributed by atoms with Crippen molar-refractivity contribution in [2.24, 2.45) is 11.8 Å². The number of alkyl halides is 3. The molecule has 0 aromatic carbocycles. The first kappa shape index (κ1) is 20.7. The van der Waals surface area contributed by atoms with Gasteiger partial charge in [-0.3, -0.25) is 9.69 Å². The van der Waals surface area contributed by atoms with Gasteiger partial charge in [0.2, 0.25) is 5.91 Å². The summed E-state index contributed by atoms with van der Waals surface area (Å²) in [5, 5.41) is 2.82. The molecule has 11 heteroatoms. The summed E-state index contributed by atoms with van der Waals surface area (Å²) in [4.78, 5) is 28.7. The molecule has 0 radical (unpaired) electrons. The molecular weight excluding hydrogens is 401 g/mol. The Morgan fingerprint density at radius 3 is 2.83 bits per heavy atom. The third-order valence-corrected chi connectivity index (χ3v) is 5.64. The van der Waals surface area contributed by atoms with E-state index in [4.69, 9.17) is 4.74 Å². The molecule has 0 bridgehead atoms. The Kier molecular flexibility index (Phi) is 6.00. The Morgan fingerprint density at radius 1 is 1.30 bits per heavy atom. The summed E-state index contributed by atoms with van der Waals surface area (Å²) >= 11 is 0. The molecule has 162 valence electrons. The summed E-state index contributed by atoms with van der Waals surface area (Å²) in [5.41, 5.74) is -0.830. The lowest BCUT2D eigenvalue weighted by atomic mass is 9.83. The van der Waals surface area contributed by atoms with Crippen LogP contribution in [0, 0.1) is 11.8 Å². The van der Waals surface area contributed by atoms with E-state index in [2.05, 4.69) is 30.2 Å². The number of H-pyrrole nitrogens is 1. The van der Waals surface area contributed by atoms with Crippen LogP contribution in [-0.4, -0.2) is 56.5 Å². The maximum atomic E-state index is 12.7. The number of nitrogens with zero attached hydrogens (tertiary/aromatic N) is 4. The smallest absolute Gasteiger partial charge is 0.377 e. The van der Waals surface area contributed by atoms with Crippen molar-refractivity contribution < 1.29 is 22.7 Å². The third kappa shape index (κ3) is 4.96. The minimum Gasteiger partial charge on any atom is -0.377 e. The lowest BCUT2D eigenvalue weighted by Crippen LogP contribution is -2.42. The van der Waals surface area contributed by atoms with E-state index in [1.165, 1.54) is 0 Å².